The average molecular weight is 369 g/mol. The van der Waals surface area contributed by atoms with Gasteiger partial charge in [0, 0.05) is 38.9 Å². The van der Waals surface area contributed by atoms with Crippen molar-refractivity contribution in [3.8, 4) is 6.07 Å². The number of hydrogen-bond donors (Lipinski definition) is 0. The van der Waals surface area contributed by atoms with Gasteiger partial charge in [-0.25, -0.2) is 17.8 Å². The molecule has 2 rings (SSSR count). The van der Waals surface area contributed by atoms with Crippen LogP contribution in [0.25, 0.3) is 0 Å². The Kier molecular flexibility index (Phi) is 5.44. The first-order valence-corrected chi connectivity index (χ1v) is 9.51. The Hall–Kier alpha value is -2.45. The first kappa shape index (κ1) is 18.9. The van der Waals surface area contributed by atoms with E-state index >= 15 is 0 Å². The molecule has 1 aliphatic heterocycles. The van der Waals surface area contributed by atoms with E-state index in [1.54, 1.807) is 13.0 Å². The van der Waals surface area contributed by atoms with Crippen LogP contribution in [-0.2, 0) is 27.9 Å². The van der Waals surface area contributed by atoms with Crippen molar-refractivity contribution in [3.63, 3.8) is 0 Å². The van der Waals surface area contributed by atoms with Crippen molar-refractivity contribution < 1.29 is 13.2 Å². The van der Waals surface area contributed by atoms with E-state index in [1.807, 2.05) is 0 Å². The molecule has 1 aromatic heterocycles. The summed E-state index contributed by atoms with van der Waals surface area (Å²) in [5.41, 5.74) is -1.67. The van der Waals surface area contributed by atoms with E-state index in [4.69, 9.17) is 5.26 Å². The largest absolute Gasteiger partial charge is 0.338 e. The van der Waals surface area contributed by atoms with Crippen molar-refractivity contribution >= 4 is 15.9 Å². The van der Waals surface area contributed by atoms with Gasteiger partial charge < -0.3 is 4.90 Å². The topological polar surface area (TPSA) is 125 Å². The van der Waals surface area contributed by atoms with Crippen molar-refractivity contribution in [2.24, 2.45) is 0 Å². The van der Waals surface area contributed by atoms with Gasteiger partial charge in [0.05, 0.1) is 6.26 Å². The van der Waals surface area contributed by atoms with Crippen molar-refractivity contribution in [3.05, 3.63) is 32.6 Å². The van der Waals surface area contributed by atoms with E-state index < -0.39 is 33.7 Å². The Labute approximate surface area is 144 Å². The number of amides is 1. The molecule has 0 spiro atoms. The SMILES string of the molecule is CCn1cc(C#N)c(=O)n(CC(=O)N2CCN(S(C)(=O)=O)CC2)c1=O. The minimum absolute atomic E-state index is 0.164. The second kappa shape index (κ2) is 7.20. The summed E-state index contributed by atoms with van der Waals surface area (Å²) in [6.45, 7) is 2.15. The molecular formula is C14H19N5O5S. The van der Waals surface area contributed by atoms with E-state index in [0.717, 1.165) is 10.8 Å². The van der Waals surface area contributed by atoms with Gasteiger partial charge in [-0.1, -0.05) is 0 Å². The standard InChI is InChI=1S/C14H19N5O5S/c1-3-16-9-11(8-15)13(21)19(14(16)22)10-12(20)17-4-6-18(7-5-17)25(2,23)24/h9H,3-7,10H2,1-2H3. The third-order valence-electron chi connectivity index (χ3n) is 4.05. The van der Waals surface area contributed by atoms with Crippen LogP contribution < -0.4 is 11.2 Å². The number of piperazine rings is 1. The Morgan fingerprint density at radius 2 is 1.84 bits per heavy atom. The normalized spacial score (nSPS) is 15.8. The second-order valence-corrected chi connectivity index (χ2v) is 7.64. The Balaban J connectivity index is 2.21. The molecule has 2 heterocycles. The molecule has 0 radical (unpaired) electrons. The molecule has 1 amide bonds. The number of carbonyl (C=O) groups is 1. The fourth-order valence-electron chi connectivity index (χ4n) is 2.60. The molecule has 1 aliphatic rings. The minimum Gasteiger partial charge on any atom is -0.338 e. The maximum absolute atomic E-state index is 12.4. The zero-order valence-corrected chi connectivity index (χ0v) is 14.8. The van der Waals surface area contributed by atoms with Crippen molar-refractivity contribution in [2.75, 3.05) is 32.4 Å². The van der Waals surface area contributed by atoms with Gasteiger partial charge in [0.25, 0.3) is 5.56 Å². The number of nitrogens with zero attached hydrogens (tertiary/aromatic N) is 5. The number of hydrogen-bond acceptors (Lipinski definition) is 6. The van der Waals surface area contributed by atoms with Gasteiger partial charge >= 0.3 is 5.69 Å². The molecule has 25 heavy (non-hydrogen) atoms. The highest BCUT2D eigenvalue weighted by atomic mass is 32.2. The lowest BCUT2D eigenvalue weighted by atomic mass is 10.3. The minimum atomic E-state index is -3.31. The number of carbonyl (C=O) groups excluding carboxylic acids is 1. The summed E-state index contributed by atoms with van der Waals surface area (Å²) in [7, 11) is -3.31. The van der Waals surface area contributed by atoms with Gasteiger partial charge in [-0.15, -0.1) is 0 Å². The lowest BCUT2D eigenvalue weighted by Crippen LogP contribution is -2.52. The van der Waals surface area contributed by atoms with Crippen molar-refractivity contribution in [1.29, 1.82) is 5.26 Å². The highest BCUT2D eigenvalue weighted by Crippen LogP contribution is 2.06. The fourth-order valence-corrected chi connectivity index (χ4v) is 3.43. The molecule has 0 bridgehead atoms. The second-order valence-electron chi connectivity index (χ2n) is 5.66. The summed E-state index contributed by atoms with van der Waals surface area (Å²) in [5.74, 6) is -0.468. The summed E-state index contributed by atoms with van der Waals surface area (Å²) in [5, 5.41) is 9.01. The molecule has 136 valence electrons. The number of nitriles is 1. The highest BCUT2D eigenvalue weighted by molar-refractivity contribution is 7.88. The molecule has 1 aromatic rings. The average Bonchev–Trinajstić information content (AvgIpc) is 2.58. The van der Waals surface area contributed by atoms with E-state index in [9.17, 15) is 22.8 Å². The lowest BCUT2D eigenvalue weighted by molar-refractivity contribution is -0.133. The van der Waals surface area contributed by atoms with Crippen molar-refractivity contribution in [1.82, 2.24) is 18.3 Å². The van der Waals surface area contributed by atoms with E-state index in [-0.39, 0.29) is 38.3 Å². The van der Waals surface area contributed by atoms with Crippen LogP contribution in [0.1, 0.15) is 12.5 Å². The van der Waals surface area contributed by atoms with Crippen LogP contribution in [-0.4, -0.2) is 65.1 Å². The van der Waals surface area contributed by atoms with Crippen LogP contribution in [0, 0.1) is 11.3 Å². The fraction of sp³-hybridized carbons (Fsp3) is 0.571. The van der Waals surface area contributed by atoms with Gasteiger partial charge in [-0.3, -0.25) is 14.2 Å². The lowest BCUT2D eigenvalue weighted by Gasteiger charge is -2.33. The predicted octanol–water partition coefficient (Wildman–Crippen LogP) is -1.99. The molecule has 0 N–H and O–H groups in total. The summed E-state index contributed by atoms with van der Waals surface area (Å²) < 4.78 is 26.2. The molecular weight excluding hydrogens is 350 g/mol. The van der Waals surface area contributed by atoms with E-state index in [2.05, 4.69) is 0 Å². The van der Waals surface area contributed by atoms with Crippen LogP contribution in [0.2, 0.25) is 0 Å². The van der Waals surface area contributed by atoms with Gasteiger partial charge in [-0.2, -0.15) is 9.57 Å². The first-order chi connectivity index (χ1) is 11.7. The molecule has 0 unspecified atom stereocenters. The number of rotatable bonds is 4. The first-order valence-electron chi connectivity index (χ1n) is 7.66. The van der Waals surface area contributed by atoms with Crippen molar-refractivity contribution in [2.45, 2.75) is 20.0 Å². The molecule has 0 aliphatic carbocycles. The molecule has 10 nitrogen and oxygen atoms in total. The monoisotopic (exact) mass is 369 g/mol. The van der Waals surface area contributed by atoms with Gasteiger partial charge in [0.1, 0.15) is 18.2 Å². The van der Waals surface area contributed by atoms with Gasteiger partial charge in [-0.05, 0) is 6.92 Å². The van der Waals surface area contributed by atoms with Crippen LogP contribution >= 0.6 is 0 Å². The maximum atomic E-state index is 12.4. The Morgan fingerprint density at radius 3 is 2.32 bits per heavy atom. The summed E-state index contributed by atoms with van der Waals surface area (Å²) in [4.78, 5) is 38.2. The van der Waals surface area contributed by atoms with Crippen LogP contribution in [0.4, 0.5) is 0 Å². The molecule has 11 heteroatoms. The number of aryl methyl sites for hydroxylation is 1. The summed E-state index contributed by atoms with van der Waals surface area (Å²) in [6.07, 6.45) is 2.28. The van der Waals surface area contributed by atoms with Crippen LogP contribution in [0.15, 0.2) is 15.8 Å². The third kappa shape index (κ3) is 3.97. The van der Waals surface area contributed by atoms with Gasteiger partial charge in [0.2, 0.25) is 15.9 Å². The molecule has 0 aromatic carbocycles. The highest BCUT2D eigenvalue weighted by Gasteiger charge is 2.26. The quantitative estimate of drug-likeness (QED) is 0.605. The Bertz CT molecular complexity index is 932. The van der Waals surface area contributed by atoms with Crippen LogP contribution in [0.3, 0.4) is 0 Å². The molecule has 0 atom stereocenters. The molecule has 0 saturated carbocycles. The number of sulfonamides is 1. The van der Waals surface area contributed by atoms with Gasteiger partial charge in [0.15, 0.2) is 0 Å². The molecule has 1 fully saturated rings. The zero-order valence-electron chi connectivity index (χ0n) is 14.0. The maximum Gasteiger partial charge on any atom is 0.331 e. The predicted molar refractivity (Wildman–Crippen MR) is 88.3 cm³/mol. The summed E-state index contributed by atoms with van der Waals surface area (Å²) in [6, 6.07) is 1.72. The zero-order chi connectivity index (χ0) is 18.8. The smallest absolute Gasteiger partial charge is 0.331 e. The number of aromatic nitrogens is 2. The molecule has 1 saturated heterocycles. The van der Waals surface area contributed by atoms with E-state index in [1.165, 1.54) is 20.0 Å². The summed E-state index contributed by atoms with van der Waals surface area (Å²) >= 11 is 0. The Morgan fingerprint density at radius 1 is 1.24 bits per heavy atom. The van der Waals surface area contributed by atoms with Crippen LogP contribution in [0.5, 0.6) is 0 Å². The third-order valence-corrected chi connectivity index (χ3v) is 5.36. The van der Waals surface area contributed by atoms with E-state index in [0.29, 0.717) is 0 Å².